The van der Waals surface area contributed by atoms with Crippen molar-refractivity contribution in [1.29, 1.82) is 0 Å². The van der Waals surface area contributed by atoms with Crippen LogP contribution < -0.4 is 4.62 Å². The summed E-state index contributed by atoms with van der Waals surface area (Å²) in [4.78, 5) is 0. The predicted octanol–water partition coefficient (Wildman–Crippen LogP) is 2.88. The molecule has 0 saturated carbocycles. The summed E-state index contributed by atoms with van der Waals surface area (Å²) < 4.78 is 16.9. The van der Waals surface area contributed by atoms with E-state index in [1.807, 2.05) is 4.73 Å². The summed E-state index contributed by atoms with van der Waals surface area (Å²) in [6.45, 7) is 7.18. The number of rotatable bonds is 5. The number of aromatic nitrogens is 1. The third-order valence-electron chi connectivity index (χ3n) is 5.13. The van der Waals surface area contributed by atoms with Gasteiger partial charge in [-0.25, -0.2) is 4.62 Å². The summed E-state index contributed by atoms with van der Waals surface area (Å²) in [5, 5.41) is 0. The van der Waals surface area contributed by atoms with Gasteiger partial charge in [-0.3, -0.25) is 0 Å². The van der Waals surface area contributed by atoms with Gasteiger partial charge >= 0.3 is 7.94 Å². The van der Waals surface area contributed by atoms with E-state index >= 15 is 0 Å². The van der Waals surface area contributed by atoms with Crippen molar-refractivity contribution in [2.24, 2.45) is 0 Å². The average molecular weight is 323 g/mol. The highest BCUT2D eigenvalue weighted by Gasteiger charge is 2.63. The van der Waals surface area contributed by atoms with Crippen LogP contribution in [-0.2, 0) is 0 Å². The fourth-order valence-electron chi connectivity index (χ4n) is 4.07. The van der Waals surface area contributed by atoms with Crippen molar-refractivity contribution in [2.75, 3.05) is 39.3 Å². The van der Waals surface area contributed by atoms with Crippen LogP contribution in [0.25, 0.3) is 0 Å². The van der Waals surface area contributed by atoms with Crippen molar-refractivity contribution in [2.45, 2.75) is 38.5 Å². The van der Waals surface area contributed by atoms with E-state index in [1.165, 1.54) is 77.8 Å². The molecule has 1 aromatic rings. The highest BCUT2D eigenvalue weighted by Crippen LogP contribution is 2.68. The van der Waals surface area contributed by atoms with Crippen LogP contribution in [0.1, 0.15) is 38.5 Å². The standard InChI is InChI=1S/C16H28N4OP/c1-2-10-17(9-1)21-22(18-11-3-4-12-18,19-13-5-6-14-19)20-15-7-8-16-20/h1-2,9-10H,3-8,11-16H2/q+1. The van der Waals surface area contributed by atoms with Crippen molar-refractivity contribution in [3.05, 3.63) is 24.5 Å². The third kappa shape index (κ3) is 2.58. The third-order valence-corrected chi connectivity index (χ3v) is 8.95. The molecule has 6 heteroatoms. The van der Waals surface area contributed by atoms with Crippen LogP contribution in [0.5, 0.6) is 0 Å². The molecule has 4 rings (SSSR count). The molecule has 3 aliphatic rings. The second kappa shape index (κ2) is 6.48. The van der Waals surface area contributed by atoms with Crippen LogP contribution in [0, 0.1) is 0 Å². The summed E-state index contributed by atoms with van der Waals surface area (Å²) >= 11 is 0. The smallest absolute Gasteiger partial charge is 0.203 e. The molecule has 3 saturated heterocycles. The Morgan fingerprint density at radius 3 is 1.32 bits per heavy atom. The molecule has 0 aliphatic carbocycles. The van der Waals surface area contributed by atoms with Crippen molar-refractivity contribution < 1.29 is 4.62 Å². The first kappa shape index (κ1) is 14.9. The molecule has 3 fully saturated rings. The van der Waals surface area contributed by atoms with Gasteiger partial charge in [-0.1, -0.05) is 0 Å². The zero-order valence-electron chi connectivity index (χ0n) is 13.4. The molecule has 0 aromatic carbocycles. The maximum atomic E-state index is 6.80. The molecule has 0 atom stereocenters. The summed E-state index contributed by atoms with van der Waals surface area (Å²) in [5.41, 5.74) is 0. The van der Waals surface area contributed by atoms with Crippen LogP contribution in [0.4, 0.5) is 0 Å². The molecule has 0 amide bonds. The van der Waals surface area contributed by atoms with E-state index in [0.29, 0.717) is 0 Å². The zero-order valence-corrected chi connectivity index (χ0v) is 14.3. The average Bonchev–Trinajstić information content (AvgIpc) is 3.36. The van der Waals surface area contributed by atoms with Gasteiger partial charge in [0.15, 0.2) is 0 Å². The molecule has 5 nitrogen and oxygen atoms in total. The normalized spacial score (nSPS) is 25.3. The second-order valence-electron chi connectivity index (χ2n) is 6.62. The first-order chi connectivity index (χ1) is 10.9. The summed E-state index contributed by atoms with van der Waals surface area (Å²) in [7, 11) is -1.86. The van der Waals surface area contributed by atoms with Crippen LogP contribution in [0.2, 0.25) is 0 Å². The molecule has 0 unspecified atom stereocenters. The van der Waals surface area contributed by atoms with Crippen molar-refractivity contribution in [3.8, 4) is 0 Å². The van der Waals surface area contributed by atoms with Gasteiger partial charge in [0.25, 0.3) is 0 Å². The largest absolute Gasteiger partial charge is 0.448 e. The molecule has 0 radical (unpaired) electrons. The topological polar surface area (TPSA) is 23.9 Å². The minimum atomic E-state index is -1.86. The molecule has 4 heterocycles. The first-order valence-corrected chi connectivity index (χ1v) is 10.4. The zero-order chi connectivity index (χ0) is 14.8. The molecule has 0 N–H and O–H groups in total. The van der Waals surface area contributed by atoms with Gasteiger partial charge in [-0.15, -0.1) is 18.7 Å². The summed E-state index contributed by atoms with van der Waals surface area (Å²) in [5.74, 6) is 0. The maximum absolute atomic E-state index is 6.80. The Labute approximate surface area is 134 Å². The predicted molar refractivity (Wildman–Crippen MR) is 90.4 cm³/mol. The van der Waals surface area contributed by atoms with Gasteiger partial charge in [0, 0.05) is 51.7 Å². The van der Waals surface area contributed by atoms with Crippen LogP contribution in [0.3, 0.4) is 0 Å². The minimum absolute atomic E-state index is 1.20. The Morgan fingerprint density at radius 2 is 0.955 bits per heavy atom. The van der Waals surface area contributed by atoms with Crippen molar-refractivity contribution in [3.63, 3.8) is 0 Å². The number of nitrogens with zero attached hydrogens (tertiary/aromatic N) is 4. The highest BCUT2D eigenvalue weighted by molar-refractivity contribution is 7.64. The van der Waals surface area contributed by atoms with Gasteiger partial charge in [0.1, 0.15) is 0 Å². The Morgan fingerprint density at radius 1 is 0.591 bits per heavy atom. The molecule has 0 spiro atoms. The van der Waals surface area contributed by atoms with Crippen molar-refractivity contribution >= 4 is 7.94 Å². The van der Waals surface area contributed by atoms with Gasteiger partial charge in [0.05, 0.1) is 0 Å². The van der Waals surface area contributed by atoms with E-state index in [4.69, 9.17) is 4.62 Å². The maximum Gasteiger partial charge on any atom is 0.448 e. The first-order valence-electron chi connectivity index (χ1n) is 8.88. The van der Waals surface area contributed by atoms with Gasteiger partial charge in [-0.2, -0.15) is 0 Å². The van der Waals surface area contributed by atoms with Crippen LogP contribution >= 0.6 is 7.94 Å². The SMILES string of the molecule is c1ccn(O[P+](N2CCCC2)(N2CCCC2)N2CCCC2)c1. The molecular weight excluding hydrogens is 295 g/mol. The number of hydrogen-bond acceptors (Lipinski definition) is 4. The molecule has 22 heavy (non-hydrogen) atoms. The van der Waals surface area contributed by atoms with Crippen molar-refractivity contribution in [1.82, 2.24) is 18.7 Å². The fraction of sp³-hybridized carbons (Fsp3) is 0.750. The molecule has 3 aliphatic heterocycles. The van der Waals surface area contributed by atoms with Crippen LogP contribution in [0.15, 0.2) is 24.5 Å². The van der Waals surface area contributed by atoms with E-state index in [2.05, 4.69) is 38.5 Å². The number of hydrogen-bond donors (Lipinski definition) is 0. The van der Waals surface area contributed by atoms with E-state index in [-0.39, 0.29) is 0 Å². The Balaban J connectivity index is 1.71. The van der Waals surface area contributed by atoms with Gasteiger partial charge in [-0.05, 0) is 50.7 Å². The minimum Gasteiger partial charge on any atom is -0.203 e. The summed E-state index contributed by atoms with van der Waals surface area (Å²) in [6, 6.07) is 4.12. The second-order valence-corrected chi connectivity index (χ2v) is 9.51. The quantitative estimate of drug-likeness (QED) is 0.778. The highest BCUT2D eigenvalue weighted by atomic mass is 31.2. The molecule has 0 bridgehead atoms. The summed E-state index contributed by atoms with van der Waals surface area (Å²) in [6.07, 6.45) is 12.0. The lowest BCUT2D eigenvalue weighted by Gasteiger charge is -2.40. The van der Waals surface area contributed by atoms with Gasteiger partial charge < -0.3 is 0 Å². The van der Waals surface area contributed by atoms with Gasteiger partial charge in [0.2, 0.25) is 0 Å². The van der Waals surface area contributed by atoms with E-state index in [0.717, 1.165) is 0 Å². The molecule has 1 aromatic heterocycles. The Kier molecular flexibility index (Phi) is 4.40. The van der Waals surface area contributed by atoms with E-state index in [9.17, 15) is 0 Å². The van der Waals surface area contributed by atoms with E-state index < -0.39 is 7.94 Å². The monoisotopic (exact) mass is 323 g/mol. The lowest BCUT2D eigenvalue weighted by molar-refractivity contribution is 0.190. The Hall–Kier alpha value is -0.610. The lowest BCUT2D eigenvalue weighted by Crippen LogP contribution is -2.47. The van der Waals surface area contributed by atoms with Crippen LogP contribution in [-0.4, -0.2) is 58.0 Å². The molecule has 122 valence electrons. The molecular formula is C16H28N4OP+. The Bertz CT molecular complexity index is 422. The van der Waals surface area contributed by atoms with E-state index in [1.54, 1.807) is 0 Å². The lowest BCUT2D eigenvalue weighted by atomic mass is 10.4. The fourth-order valence-corrected chi connectivity index (χ4v) is 8.23.